The summed E-state index contributed by atoms with van der Waals surface area (Å²) >= 11 is 0. The van der Waals surface area contributed by atoms with E-state index >= 15 is 0 Å². The quantitative estimate of drug-likeness (QED) is 0.849. The van der Waals surface area contributed by atoms with E-state index in [4.69, 9.17) is 9.84 Å². The van der Waals surface area contributed by atoms with Gasteiger partial charge in [-0.05, 0) is 18.2 Å². The molecule has 1 heterocycles. The molecule has 1 aliphatic heterocycles. The number of benzene rings is 1. The van der Waals surface area contributed by atoms with E-state index < -0.39 is 12.1 Å². The topological polar surface area (TPSA) is 95.9 Å². The van der Waals surface area contributed by atoms with E-state index in [1.807, 2.05) is 0 Å². The maximum atomic E-state index is 12.4. The maximum Gasteiger partial charge on any atom is 0.334 e. The highest BCUT2D eigenvalue weighted by Crippen LogP contribution is 2.15. The molecule has 1 aromatic rings. The molecular weight excluding hydrogens is 276 g/mol. The Morgan fingerprint density at radius 1 is 1.38 bits per heavy atom. The molecule has 0 aromatic heterocycles. The molecule has 7 nitrogen and oxygen atoms in total. The molecule has 2 amide bonds. The highest BCUT2D eigenvalue weighted by Gasteiger charge is 2.29. The first-order valence-corrected chi connectivity index (χ1v) is 6.48. The number of hydrogen-bond acceptors (Lipinski definition) is 4. The summed E-state index contributed by atoms with van der Waals surface area (Å²) in [5, 5.41) is 11.5. The number of nitrogens with one attached hydrogen (secondary N) is 1. The van der Waals surface area contributed by atoms with E-state index in [0.717, 1.165) is 0 Å². The second-order valence-corrected chi connectivity index (χ2v) is 4.71. The third kappa shape index (κ3) is 3.79. The van der Waals surface area contributed by atoms with Crippen molar-refractivity contribution in [2.45, 2.75) is 13.0 Å². The zero-order valence-electron chi connectivity index (χ0n) is 11.5. The van der Waals surface area contributed by atoms with Crippen molar-refractivity contribution in [3.8, 4) is 0 Å². The fourth-order valence-corrected chi connectivity index (χ4v) is 2.10. The monoisotopic (exact) mass is 292 g/mol. The number of hydrogen-bond donors (Lipinski definition) is 2. The lowest BCUT2D eigenvalue weighted by molar-refractivity contribution is -0.154. The smallest absolute Gasteiger partial charge is 0.334 e. The number of rotatable bonds is 3. The Bertz CT molecular complexity index is 572. The van der Waals surface area contributed by atoms with Gasteiger partial charge in [0.2, 0.25) is 5.91 Å². The summed E-state index contributed by atoms with van der Waals surface area (Å²) in [4.78, 5) is 35.8. The zero-order chi connectivity index (χ0) is 15.4. The number of amides is 2. The van der Waals surface area contributed by atoms with Gasteiger partial charge in [-0.25, -0.2) is 4.79 Å². The van der Waals surface area contributed by atoms with Crippen molar-refractivity contribution in [3.63, 3.8) is 0 Å². The molecule has 1 saturated heterocycles. The summed E-state index contributed by atoms with van der Waals surface area (Å²) in [7, 11) is 0. The van der Waals surface area contributed by atoms with Crippen LogP contribution in [-0.2, 0) is 14.3 Å². The first-order chi connectivity index (χ1) is 9.97. The second-order valence-electron chi connectivity index (χ2n) is 4.71. The molecule has 2 N–H and O–H groups in total. The van der Waals surface area contributed by atoms with Crippen LogP contribution in [0.2, 0.25) is 0 Å². The van der Waals surface area contributed by atoms with Gasteiger partial charge in [0.15, 0.2) is 6.10 Å². The van der Waals surface area contributed by atoms with Crippen molar-refractivity contribution < 1.29 is 24.2 Å². The first-order valence-electron chi connectivity index (χ1n) is 6.48. The summed E-state index contributed by atoms with van der Waals surface area (Å²) in [6.45, 7) is 1.92. The molecular formula is C14H16N2O5. The number of carboxylic acids is 1. The van der Waals surface area contributed by atoms with Gasteiger partial charge in [0, 0.05) is 24.7 Å². The normalized spacial score (nSPS) is 18.1. The minimum absolute atomic E-state index is 0.0124. The molecule has 21 heavy (non-hydrogen) atoms. The van der Waals surface area contributed by atoms with Gasteiger partial charge in [-0.2, -0.15) is 0 Å². The molecule has 1 aromatic carbocycles. The van der Waals surface area contributed by atoms with Gasteiger partial charge in [0.1, 0.15) is 0 Å². The van der Waals surface area contributed by atoms with Crippen LogP contribution in [0.25, 0.3) is 0 Å². The Kier molecular flexibility index (Phi) is 4.54. The number of nitrogens with zero attached hydrogens (tertiary/aromatic N) is 1. The van der Waals surface area contributed by atoms with Gasteiger partial charge in [0.05, 0.1) is 13.2 Å². The van der Waals surface area contributed by atoms with E-state index in [1.165, 1.54) is 11.8 Å². The first kappa shape index (κ1) is 15.0. The number of carbonyl (C=O) groups is 3. The minimum Gasteiger partial charge on any atom is -0.479 e. The molecule has 0 aliphatic carbocycles. The van der Waals surface area contributed by atoms with Gasteiger partial charge < -0.3 is 20.1 Å². The number of aliphatic carboxylic acids is 1. The third-order valence-corrected chi connectivity index (χ3v) is 3.06. The van der Waals surface area contributed by atoms with Crippen molar-refractivity contribution in [2.75, 3.05) is 25.0 Å². The Hall–Kier alpha value is -2.41. The molecule has 0 bridgehead atoms. The molecule has 1 atom stereocenters. The Balaban J connectivity index is 2.12. The average molecular weight is 292 g/mol. The SMILES string of the molecule is CC(=O)Nc1cccc(C(=O)N2CCOC(C(=O)O)C2)c1. The Labute approximate surface area is 121 Å². The van der Waals surface area contributed by atoms with Crippen molar-refractivity contribution >= 4 is 23.5 Å². The van der Waals surface area contributed by atoms with Crippen LogP contribution in [0.3, 0.4) is 0 Å². The van der Waals surface area contributed by atoms with Crippen LogP contribution in [0.4, 0.5) is 5.69 Å². The van der Waals surface area contributed by atoms with Gasteiger partial charge in [-0.15, -0.1) is 0 Å². The zero-order valence-corrected chi connectivity index (χ0v) is 11.5. The van der Waals surface area contributed by atoms with Gasteiger partial charge in [-0.1, -0.05) is 6.07 Å². The molecule has 0 radical (unpaired) electrons. The standard InChI is InChI=1S/C14H16N2O5/c1-9(17)15-11-4-2-3-10(7-11)13(18)16-5-6-21-12(8-16)14(19)20/h2-4,7,12H,5-6,8H2,1H3,(H,15,17)(H,19,20). The predicted octanol–water partition coefficient (Wildman–Crippen LogP) is 0.571. The van der Waals surface area contributed by atoms with Gasteiger partial charge in [0.25, 0.3) is 5.91 Å². The van der Waals surface area contributed by atoms with Gasteiger partial charge in [-0.3, -0.25) is 9.59 Å². The molecule has 2 rings (SSSR count). The Morgan fingerprint density at radius 3 is 2.81 bits per heavy atom. The highest BCUT2D eigenvalue weighted by atomic mass is 16.5. The lowest BCUT2D eigenvalue weighted by atomic mass is 10.1. The number of carboxylic acid groups (broad SMARTS) is 1. The lowest BCUT2D eigenvalue weighted by Crippen LogP contribution is -2.48. The molecule has 7 heteroatoms. The van der Waals surface area contributed by atoms with Crippen LogP contribution in [0.5, 0.6) is 0 Å². The number of carbonyl (C=O) groups excluding carboxylic acids is 2. The van der Waals surface area contributed by atoms with Crippen molar-refractivity contribution in [1.29, 1.82) is 0 Å². The molecule has 112 valence electrons. The minimum atomic E-state index is -1.08. The highest BCUT2D eigenvalue weighted by molar-refractivity contribution is 5.97. The summed E-state index contributed by atoms with van der Waals surface area (Å²) in [5.74, 6) is -1.59. The number of ether oxygens (including phenoxy) is 1. The fraction of sp³-hybridized carbons (Fsp3) is 0.357. The Morgan fingerprint density at radius 2 is 2.14 bits per heavy atom. The summed E-state index contributed by atoms with van der Waals surface area (Å²) in [5.41, 5.74) is 0.920. The molecule has 1 aliphatic rings. The van der Waals surface area contributed by atoms with E-state index in [-0.39, 0.29) is 25.0 Å². The summed E-state index contributed by atoms with van der Waals surface area (Å²) < 4.78 is 5.08. The predicted molar refractivity (Wildman–Crippen MR) is 74.0 cm³/mol. The number of morpholine rings is 1. The van der Waals surface area contributed by atoms with E-state index in [1.54, 1.807) is 24.3 Å². The molecule has 1 fully saturated rings. The van der Waals surface area contributed by atoms with Gasteiger partial charge >= 0.3 is 5.97 Å². The van der Waals surface area contributed by atoms with Crippen LogP contribution in [0.1, 0.15) is 17.3 Å². The fourth-order valence-electron chi connectivity index (χ4n) is 2.10. The second kappa shape index (κ2) is 6.36. The average Bonchev–Trinajstić information content (AvgIpc) is 2.46. The summed E-state index contributed by atoms with van der Waals surface area (Å²) in [6.07, 6.45) is -0.999. The van der Waals surface area contributed by atoms with Crippen LogP contribution in [0.15, 0.2) is 24.3 Å². The van der Waals surface area contributed by atoms with Crippen molar-refractivity contribution in [2.24, 2.45) is 0 Å². The lowest BCUT2D eigenvalue weighted by Gasteiger charge is -2.31. The van der Waals surface area contributed by atoms with E-state index in [9.17, 15) is 14.4 Å². The third-order valence-electron chi connectivity index (χ3n) is 3.06. The van der Waals surface area contributed by atoms with E-state index in [0.29, 0.717) is 17.8 Å². The number of anilines is 1. The summed E-state index contributed by atoms with van der Waals surface area (Å²) in [6, 6.07) is 6.53. The largest absolute Gasteiger partial charge is 0.479 e. The maximum absolute atomic E-state index is 12.4. The molecule has 0 saturated carbocycles. The van der Waals surface area contributed by atoms with Crippen LogP contribution in [0, 0.1) is 0 Å². The van der Waals surface area contributed by atoms with E-state index in [2.05, 4.69) is 5.32 Å². The van der Waals surface area contributed by atoms with Crippen LogP contribution in [-0.4, -0.2) is 53.6 Å². The van der Waals surface area contributed by atoms with Crippen LogP contribution >= 0.6 is 0 Å². The van der Waals surface area contributed by atoms with Crippen LogP contribution < -0.4 is 5.32 Å². The van der Waals surface area contributed by atoms with Crippen molar-refractivity contribution in [1.82, 2.24) is 4.90 Å². The molecule has 1 unspecified atom stereocenters. The molecule has 0 spiro atoms. The van der Waals surface area contributed by atoms with Crippen molar-refractivity contribution in [3.05, 3.63) is 29.8 Å².